The summed E-state index contributed by atoms with van der Waals surface area (Å²) in [4.78, 5) is 45.2. The molecule has 0 aromatic rings. The van der Waals surface area contributed by atoms with Crippen molar-refractivity contribution < 1.29 is 14.4 Å². The van der Waals surface area contributed by atoms with Crippen LogP contribution in [0.1, 0.15) is 13.3 Å². The largest absolute Gasteiger partial charge is 0.387 e. The number of hydrogen-bond donors (Lipinski definition) is 2. The molecule has 0 spiro atoms. The molecule has 0 radical (unpaired) electrons. The normalized spacial score (nSPS) is 22.2. The molecule has 0 aliphatic carbocycles. The highest BCUT2D eigenvalue weighted by Crippen LogP contribution is 2.20. The molecule has 0 saturated heterocycles. The van der Waals surface area contributed by atoms with E-state index in [1.54, 1.807) is 6.92 Å². The van der Waals surface area contributed by atoms with Gasteiger partial charge in [-0.3, -0.25) is 14.4 Å². The van der Waals surface area contributed by atoms with E-state index in [1.807, 2.05) is 0 Å². The lowest BCUT2D eigenvalue weighted by atomic mass is 10.4. The average Bonchev–Trinajstić information content (AvgIpc) is 2.64. The molecule has 2 heterocycles. The molecule has 106 valence electrons. The summed E-state index contributed by atoms with van der Waals surface area (Å²) in [5.74, 6) is -0.806. The average molecular weight is 313 g/mol. The minimum absolute atomic E-state index is 0.00367. The fourth-order valence-corrected chi connectivity index (χ4v) is 2.82. The standard InChI is InChI=1S/C10H11N5O3S2/c1-4-8(18)15-10(20-4)14-7(17)3-19-9-12-5(11)2-6(16)13-9/h4H,2-3H2,1H3,(H2,11,12,13,16)(H,14,15,17,18). The minimum Gasteiger partial charge on any atom is -0.387 e. The Kier molecular flexibility index (Phi) is 4.55. The van der Waals surface area contributed by atoms with E-state index >= 15 is 0 Å². The zero-order chi connectivity index (χ0) is 14.7. The lowest BCUT2D eigenvalue weighted by Crippen LogP contribution is -2.30. The molecule has 0 bridgehead atoms. The number of carbonyl (C=O) groups excluding carboxylic acids is 3. The monoisotopic (exact) mass is 313 g/mol. The Labute approximate surface area is 122 Å². The third-order valence-corrected chi connectivity index (χ3v) is 4.04. The molecule has 2 aliphatic heterocycles. The maximum absolute atomic E-state index is 11.7. The van der Waals surface area contributed by atoms with Crippen LogP contribution < -0.4 is 11.1 Å². The Balaban J connectivity index is 1.83. The molecule has 0 fully saturated rings. The first-order chi connectivity index (χ1) is 9.44. The minimum atomic E-state index is -0.379. The number of nitrogens with zero attached hydrogens (tertiary/aromatic N) is 3. The van der Waals surface area contributed by atoms with Gasteiger partial charge >= 0.3 is 0 Å². The van der Waals surface area contributed by atoms with E-state index in [-0.39, 0.29) is 51.3 Å². The molecule has 20 heavy (non-hydrogen) atoms. The van der Waals surface area contributed by atoms with Gasteiger partial charge in [-0.1, -0.05) is 23.5 Å². The van der Waals surface area contributed by atoms with Gasteiger partial charge in [0.2, 0.25) is 5.91 Å². The number of amides is 3. The zero-order valence-corrected chi connectivity index (χ0v) is 12.1. The van der Waals surface area contributed by atoms with Crippen molar-refractivity contribution in [3.63, 3.8) is 0 Å². The Morgan fingerprint density at radius 3 is 2.80 bits per heavy atom. The summed E-state index contributed by atoms with van der Waals surface area (Å²) in [7, 11) is 0. The molecular formula is C10H11N5O3S2. The van der Waals surface area contributed by atoms with E-state index < -0.39 is 0 Å². The second kappa shape index (κ2) is 6.18. The molecule has 0 aromatic carbocycles. The number of hydrogen-bond acceptors (Lipinski definition) is 7. The second-order valence-electron chi connectivity index (χ2n) is 3.92. The quantitative estimate of drug-likeness (QED) is 0.707. The fourth-order valence-electron chi connectivity index (χ4n) is 1.33. The molecular weight excluding hydrogens is 302 g/mol. The van der Waals surface area contributed by atoms with Gasteiger partial charge in [0, 0.05) is 0 Å². The van der Waals surface area contributed by atoms with Gasteiger partial charge in [-0.05, 0) is 6.92 Å². The second-order valence-corrected chi connectivity index (χ2v) is 6.19. The SMILES string of the molecule is CC1SC(NC(=O)CSC2=NC(=O)CC(N)=N2)=NC1=O. The van der Waals surface area contributed by atoms with E-state index in [1.165, 1.54) is 11.8 Å². The van der Waals surface area contributed by atoms with E-state index in [0.29, 0.717) is 0 Å². The number of nitrogens with one attached hydrogen (secondary N) is 1. The number of aliphatic imine (C=N–C) groups is 3. The summed E-state index contributed by atoms with van der Waals surface area (Å²) < 4.78 is 0. The van der Waals surface area contributed by atoms with Gasteiger partial charge in [-0.15, -0.1) is 0 Å². The van der Waals surface area contributed by atoms with Crippen molar-refractivity contribution in [3.05, 3.63) is 0 Å². The number of rotatable bonds is 2. The van der Waals surface area contributed by atoms with Crippen LogP contribution in [0.5, 0.6) is 0 Å². The zero-order valence-electron chi connectivity index (χ0n) is 10.5. The summed E-state index contributed by atoms with van der Waals surface area (Å²) in [5.41, 5.74) is 5.46. The van der Waals surface area contributed by atoms with Gasteiger partial charge in [0.05, 0.1) is 17.4 Å². The van der Waals surface area contributed by atoms with E-state index in [0.717, 1.165) is 11.8 Å². The third kappa shape index (κ3) is 3.90. The molecule has 1 atom stereocenters. The highest BCUT2D eigenvalue weighted by molar-refractivity contribution is 8.15. The summed E-state index contributed by atoms with van der Waals surface area (Å²) in [6.07, 6.45) is 0.00367. The van der Waals surface area contributed by atoms with Crippen molar-refractivity contribution in [2.75, 3.05) is 5.75 Å². The van der Waals surface area contributed by atoms with Crippen LogP contribution in [0, 0.1) is 0 Å². The summed E-state index contributed by atoms with van der Waals surface area (Å²) in [6, 6.07) is 0. The van der Waals surface area contributed by atoms with Gasteiger partial charge < -0.3 is 11.1 Å². The molecule has 10 heteroatoms. The first kappa shape index (κ1) is 14.7. The Morgan fingerprint density at radius 2 is 2.20 bits per heavy atom. The predicted octanol–water partition coefficient (Wildman–Crippen LogP) is -0.503. The molecule has 2 aliphatic rings. The maximum Gasteiger partial charge on any atom is 0.261 e. The van der Waals surface area contributed by atoms with E-state index in [4.69, 9.17) is 5.73 Å². The van der Waals surface area contributed by atoms with Crippen molar-refractivity contribution in [1.29, 1.82) is 0 Å². The fraction of sp³-hybridized carbons (Fsp3) is 0.400. The predicted molar refractivity (Wildman–Crippen MR) is 78.8 cm³/mol. The van der Waals surface area contributed by atoms with Crippen LogP contribution in [0.15, 0.2) is 15.0 Å². The van der Waals surface area contributed by atoms with Gasteiger partial charge in [-0.25, -0.2) is 4.99 Å². The van der Waals surface area contributed by atoms with Gasteiger partial charge in [0.1, 0.15) is 5.84 Å². The maximum atomic E-state index is 11.7. The lowest BCUT2D eigenvalue weighted by Gasteiger charge is -2.07. The highest BCUT2D eigenvalue weighted by Gasteiger charge is 2.25. The van der Waals surface area contributed by atoms with E-state index in [9.17, 15) is 14.4 Å². The van der Waals surface area contributed by atoms with Gasteiger partial charge in [0.25, 0.3) is 11.8 Å². The topological polar surface area (TPSA) is 126 Å². The molecule has 3 N–H and O–H groups in total. The van der Waals surface area contributed by atoms with Crippen LogP contribution in [0.25, 0.3) is 0 Å². The van der Waals surface area contributed by atoms with Crippen LogP contribution in [0.4, 0.5) is 0 Å². The number of thioether (sulfide) groups is 2. The van der Waals surface area contributed by atoms with E-state index in [2.05, 4.69) is 20.3 Å². The van der Waals surface area contributed by atoms with Crippen LogP contribution in [-0.4, -0.2) is 44.9 Å². The summed E-state index contributed by atoms with van der Waals surface area (Å²) in [5, 5.41) is 2.69. The Bertz CT molecular complexity index is 569. The van der Waals surface area contributed by atoms with Crippen LogP contribution >= 0.6 is 23.5 Å². The first-order valence-corrected chi connectivity index (χ1v) is 7.47. The van der Waals surface area contributed by atoms with Crippen molar-refractivity contribution in [3.8, 4) is 0 Å². The Morgan fingerprint density at radius 1 is 1.45 bits per heavy atom. The van der Waals surface area contributed by atoms with Crippen molar-refractivity contribution in [2.24, 2.45) is 20.7 Å². The van der Waals surface area contributed by atoms with Gasteiger partial charge in [-0.2, -0.15) is 9.98 Å². The summed E-state index contributed by atoms with van der Waals surface area (Å²) >= 11 is 2.19. The van der Waals surface area contributed by atoms with Crippen LogP contribution in [-0.2, 0) is 14.4 Å². The molecule has 2 rings (SSSR count). The number of nitrogens with two attached hydrogens (primary N) is 1. The number of carbonyl (C=O) groups is 3. The highest BCUT2D eigenvalue weighted by atomic mass is 32.2. The smallest absolute Gasteiger partial charge is 0.261 e. The summed E-state index contributed by atoms with van der Waals surface area (Å²) in [6.45, 7) is 1.71. The van der Waals surface area contributed by atoms with Crippen LogP contribution in [0.2, 0.25) is 0 Å². The first-order valence-electron chi connectivity index (χ1n) is 5.60. The lowest BCUT2D eigenvalue weighted by molar-refractivity contribution is -0.118. The molecule has 1 unspecified atom stereocenters. The molecule has 3 amide bonds. The number of amidine groups is 3. The van der Waals surface area contributed by atoms with Gasteiger partial charge in [0.15, 0.2) is 10.3 Å². The third-order valence-electron chi connectivity index (χ3n) is 2.22. The van der Waals surface area contributed by atoms with Crippen molar-refractivity contribution in [2.45, 2.75) is 18.6 Å². The van der Waals surface area contributed by atoms with Crippen molar-refractivity contribution in [1.82, 2.24) is 5.32 Å². The molecule has 0 aromatic heterocycles. The van der Waals surface area contributed by atoms with Crippen molar-refractivity contribution >= 4 is 57.4 Å². The van der Waals surface area contributed by atoms with Crippen LogP contribution in [0.3, 0.4) is 0 Å². The molecule has 8 nitrogen and oxygen atoms in total. The Hall–Kier alpha value is -1.68. The molecule has 0 saturated carbocycles.